The first kappa shape index (κ1) is 35.6. The van der Waals surface area contributed by atoms with Crippen LogP contribution in [0, 0.1) is 20.2 Å². The van der Waals surface area contributed by atoms with Gasteiger partial charge in [0.15, 0.2) is 22.4 Å². The number of pyridine rings is 2. The largest absolute Gasteiger partial charge is 0.391 e. The van der Waals surface area contributed by atoms with Gasteiger partial charge in [-0.3, -0.25) is 8.74 Å². The number of aromatic nitrogens is 2. The zero-order valence-electron chi connectivity index (χ0n) is 25.3. The van der Waals surface area contributed by atoms with Gasteiger partial charge in [-0.1, -0.05) is 74.4 Å². The van der Waals surface area contributed by atoms with Crippen molar-refractivity contribution in [3.05, 3.63) is 104 Å². The van der Waals surface area contributed by atoms with Crippen molar-refractivity contribution in [1.82, 2.24) is 9.97 Å². The van der Waals surface area contributed by atoms with E-state index in [0.29, 0.717) is 18.4 Å². The van der Waals surface area contributed by atoms with Crippen LogP contribution in [-0.2, 0) is 30.8 Å². The highest BCUT2D eigenvalue weighted by atomic mass is 32.2. The van der Waals surface area contributed by atoms with E-state index in [1.165, 1.54) is 18.2 Å². The van der Waals surface area contributed by atoms with Crippen LogP contribution in [0.2, 0.25) is 0 Å². The van der Waals surface area contributed by atoms with E-state index >= 15 is 0 Å². The summed E-state index contributed by atoms with van der Waals surface area (Å²) in [5.41, 5.74) is 11.8. The number of anilines is 2. The molecule has 0 aliphatic rings. The molecule has 0 radical (unpaired) electrons. The molecule has 18 heteroatoms. The third kappa shape index (κ3) is 7.80. The maximum Gasteiger partial charge on any atom is 0.388 e. The summed E-state index contributed by atoms with van der Waals surface area (Å²) in [6.07, 6.45) is 2.65. The molecule has 0 unspecified atom stereocenters. The van der Waals surface area contributed by atoms with Gasteiger partial charge in [-0.2, -0.15) is 16.8 Å². The van der Waals surface area contributed by atoms with E-state index in [4.69, 9.17) is 15.7 Å². The average molecular weight is 699 g/mol. The highest BCUT2D eigenvalue weighted by Gasteiger charge is 2.31. The second-order valence-electron chi connectivity index (χ2n) is 10.3. The molecule has 0 atom stereocenters. The standard InChI is InChI=1S/C16H13N3O5S.C14H17N3O5S/c17-14-15(25(22,23)24)13-11(9-10-5-2-1-3-6-10)7-4-8-12(13)18-16(14)19(20)21;1-2-3-6-9-22-23(20,21)13-10-7-4-5-8-11(10)16-14(12(13)15)17(18)19/h1-8H,9,17H2,(H,22,23,24);4-5,7-8H,2-3,6,9,15H2,1H3. The molecule has 5 N–H and O–H groups in total. The molecule has 2 heterocycles. The molecule has 5 rings (SSSR count). The topological polar surface area (TPSA) is 262 Å². The molecule has 3 aromatic carbocycles. The first-order valence-corrected chi connectivity index (χ1v) is 17.1. The van der Waals surface area contributed by atoms with Gasteiger partial charge in [-0.05, 0) is 62.0 Å². The highest BCUT2D eigenvalue weighted by molar-refractivity contribution is 7.87. The van der Waals surface area contributed by atoms with Crippen LogP contribution in [0.5, 0.6) is 0 Å². The van der Waals surface area contributed by atoms with E-state index < -0.39 is 62.9 Å². The maximum atomic E-state index is 12.5. The summed E-state index contributed by atoms with van der Waals surface area (Å²) in [5.74, 6) is -1.50. The predicted molar refractivity (Wildman–Crippen MR) is 177 cm³/mol. The molecule has 2 aromatic heterocycles. The zero-order chi connectivity index (χ0) is 35.2. The second-order valence-corrected chi connectivity index (χ2v) is 13.2. The minimum Gasteiger partial charge on any atom is -0.391 e. The van der Waals surface area contributed by atoms with Crippen molar-refractivity contribution in [3.63, 3.8) is 0 Å². The monoisotopic (exact) mass is 698 g/mol. The van der Waals surface area contributed by atoms with Gasteiger partial charge in [-0.25, -0.2) is 0 Å². The van der Waals surface area contributed by atoms with Gasteiger partial charge < -0.3 is 31.7 Å². The van der Waals surface area contributed by atoms with Crippen molar-refractivity contribution in [2.75, 3.05) is 18.1 Å². The van der Waals surface area contributed by atoms with E-state index in [2.05, 4.69) is 9.97 Å². The molecule has 5 aromatic rings. The lowest BCUT2D eigenvalue weighted by molar-refractivity contribution is -0.388. The smallest absolute Gasteiger partial charge is 0.388 e. The number of rotatable bonds is 11. The first-order chi connectivity index (χ1) is 22.7. The van der Waals surface area contributed by atoms with Gasteiger partial charge in [0.1, 0.15) is 9.79 Å². The van der Waals surface area contributed by atoms with Gasteiger partial charge >= 0.3 is 11.6 Å². The van der Waals surface area contributed by atoms with Crippen LogP contribution in [0.4, 0.5) is 23.0 Å². The number of unbranched alkanes of at least 4 members (excludes halogenated alkanes) is 2. The molecule has 0 aliphatic carbocycles. The average Bonchev–Trinajstić information content (AvgIpc) is 3.02. The summed E-state index contributed by atoms with van der Waals surface area (Å²) >= 11 is 0. The fourth-order valence-electron chi connectivity index (χ4n) is 4.89. The minimum absolute atomic E-state index is 0.0000602. The Hall–Kier alpha value is -5.30. The van der Waals surface area contributed by atoms with E-state index in [-0.39, 0.29) is 28.4 Å². The normalized spacial score (nSPS) is 11.6. The van der Waals surface area contributed by atoms with Gasteiger partial charge in [0.05, 0.1) is 12.0 Å². The van der Waals surface area contributed by atoms with Crippen LogP contribution in [0.3, 0.4) is 0 Å². The number of nitrogens with two attached hydrogens (primary N) is 2. The van der Waals surface area contributed by atoms with Crippen LogP contribution >= 0.6 is 0 Å². The number of para-hydroxylation sites is 1. The Balaban J connectivity index is 0.000000218. The van der Waals surface area contributed by atoms with Crippen molar-refractivity contribution in [2.45, 2.75) is 42.4 Å². The minimum atomic E-state index is -4.80. The molecule has 0 saturated carbocycles. The number of benzene rings is 3. The molecular weight excluding hydrogens is 668 g/mol. The zero-order valence-corrected chi connectivity index (χ0v) is 27.0. The Bertz CT molecular complexity index is 2230. The Labute approximate surface area is 274 Å². The molecule has 0 bridgehead atoms. The molecule has 48 heavy (non-hydrogen) atoms. The third-order valence-corrected chi connectivity index (χ3v) is 9.36. The van der Waals surface area contributed by atoms with Crippen molar-refractivity contribution in [3.8, 4) is 0 Å². The summed E-state index contributed by atoms with van der Waals surface area (Å²) < 4.78 is 63.2. The van der Waals surface area contributed by atoms with Crippen LogP contribution in [0.25, 0.3) is 21.8 Å². The third-order valence-electron chi connectivity index (χ3n) is 7.01. The van der Waals surface area contributed by atoms with E-state index in [9.17, 15) is 41.6 Å². The van der Waals surface area contributed by atoms with Crippen LogP contribution < -0.4 is 11.5 Å². The Morgan fingerprint density at radius 2 is 1.33 bits per heavy atom. The van der Waals surface area contributed by atoms with Crippen molar-refractivity contribution in [2.24, 2.45) is 0 Å². The van der Waals surface area contributed by atoms with Crippen molar-refractivity contribution < 1.29 is 35.4 Å². The van der Waals surface area contributed by atoms with Gasteiger partial charge in [-0.15, -0.1) is 0 Å². The predicted octanol–water partition coefficient (Wildman–Crippen LogP) is 5.18. The Morgan fingerprint density at radius 1 is 0.771 bits per heavy atom. The van der Waals surface area contributed by atoms with Crippen LogP contribution in [0.1, 0.15) is 37.3 Å². The number of hydrogen-bond donors (Lipinski definition) is 3. The molecule has 252 valence electrons. The lowest BCUT2D eigenvalue weighted by Crippen LogP contribution is -2.13. The van der Waals surface area contributed by atoms with E-state index in [1.807, 2.05) is 37.3 Å². The van der Waals surface area contributed by atoms with E-state index in [0.717, 1.165) is 18.4 Å². The van der Waals surface area contributed by atoms with Crippen LogP contribution in [0.15, 0.2) is 82.6 Å². The second kappa shape index (κ2) is 14.6. The van der Waals surface area contributed by atoms with E-state index in [1.54, 1.807) is 24.3 Å². The molecule has 0 fully saturated rings. The van der Waals surface area contributed by atoms with Gasteiger partial charge in [0.2, 0.25) is 0 Å². The summed E-state index contributed by atoms with van der Waals surface area (Å²) in [7, 11) is -9.02. The molecule has 16 nitrogen and oxygen atoms in total. The highest BCUT2D eigenvalue weighted by Crippen LogP contribution is 2.37. The summed E-state index contributed by atoms with van der Waals surface area (Å²) in [6, 6.07) is 20.1. The van der Waals surface area contributed by atoms with Crippen LogP contribution in [-0.4, -0.2) is 47.8 Å². The molecule has 0 aliphatic heterocycles. The van der Waals surface area contributed by atoms with Crippen molar-refractivity contribution in [1.29, 1.82) is 0 Å². The number of fused-ring (bicyclic) bond motifs is 2. The Kier molecular flexibility index (Phi) is 10.8. The lowest BCUT2D eigenvalue weighted by atomic mass is 10.00. The van der Waals surface area contributed by atoms with Crippen molar-refractivity contribution >= 4 is 65.1 Å². The number of nitrogens with zero attached hydrogens (tertiary/aromatic N) is 4. The number of nitrogen functional groups attached to an aromatic ring is 2. The van der Waals surface area contributed by atoms with Gasteiger partial charge in [0, 0.05) is 5.39 Å². The molecule has 0 saturated heterocycles. The SMILES string of the molecule is CCCCCOS(=O)(=O)c1c(N)c([N+](=O)[O-])nc2ccccc12.Nc1c([N+](=O)[O-])nc2cccc(Cc3ccccc3)c2c1S(=O)(=O)O. The fraction of sp³-hybridized carbons (Fsp3) is 0.200. The first-order valence-electron chi connectivity index (χ1n) is 14.3. The Morgan fingerprint density at radius 3 is 1.94 bits per heavy atom. The lowest BCUT2D eigenvalue weighted by Gasteiger charge is -2.10. The summed E-state index contributed by atoms with van der Waals surface area (Å²) in [4.78, 5) is 27.1. The number of nitro groups is 2. The number of hydrogen-bond acceptors (Lipinski definition) is 13. The summed E-state index contributed by atoms with van der Waals surface area (Å²) in [6.45, 7) is 1.98. The fourth-order valence-corrected chi connectivity index (χ4v) is 7.02. The summed E-state index contributed by atoms with van der Waals surface area (Å²) in [5, 5.41) is 22.5. The van der Waals surface area contributed by atoms with Gasteiger partial charge in [0.25, 0.3) is 20.2 Å². The molecular formula is C30H30N6O10S2. The quantitative estimate of drug-likeness (QED) is 0.0527. The molecule has 0 amide bonds. The molecule has 0 spiro atoms. The maximum absolute atomic E-state index is 12.5.